The van der Waals surface area contributed by atoms with Gasteiger partial charge in [0, 0.05) is 23.4 Å². The largest absolute Gasteiger partial charge is 0.366 e. The first-order valence-corrected chi connectivity index (χ1v) is 8.39. The van der Waals surface area contributed by atoms with Crippen LogP contribution in [-0.2, 0) is 0 Å². The van der Waals surface area contributed by atoms with Gasteiger partial charge in [-0.05, 0) is 57.2 Å². The zero-order valence-electron chi connectivity index (χ0n) is 14.2. The van der Waals surface area contributed by atoms with Gasteiger partial charge < -0.3 is 16.0 Å². The fourth-order valence-electron chi connectivity index (χ4n) is 3.04. The van der Waals surface area contributed by atoms with Gasteiger partial charge in [-0.15, -0.1) is 0 Å². The predicted octanol–water partition coefficient (Wildman–Crippen LogP) is 1.67. The molecule has 1 fully saturated rings. The van der Waals surface area contributed by atoms with E-state index < -0.39 is 5.91 Å². The summed E-state index contributed by atoms with van der Waals surface area (Å²) in [5.41, 5.74) is 7.64. The second kappa shape index (κ2) is 7.44. The molecule has 3 rings (SSSR count). The van der Waals surface area contributed by atoms with E-state index in [1.54, 1.807) is 42.6 Å². The van der Waals surface area contributed by atoms with Gasteiger partial charge in [0.15, 0.2) is 0 Å². The monoisotopic (exact) mass is 338 g/mol. The molecule has 3 N–H and O–H groups in total. The Morgan fingerprint density at radius 3 is 2.48 bits per heavy atom. The van der Waals surface area contributed by atoms with Gasteiger partial charge in [0.25, 0.3) is 11.8 Å². The Labute approximate surface area is 147 Å². The van der Waals surface area contributed by atoms with Crippen LogP contribution in [0.15, 0.2) is 42.6 Å². The average molecular weight is 338 g/mol. The summed E-state index contributed by atoms with van der Waals surface area (Å²) in [4.78, 5) is 30.4. The van der Waals surface area contributed by atoms with E-state index in [2.05, 4.69) is 22.2 Å². The highest BCUT2D eigenvalue weighted by Gasteiger charge is 2.19. The number of benzene rings is 1. The maximum Gasteiger partial charge on any atom is 0.251 e. The molecule has 1 aromatic carbocycles. The van der Waals surface area contributed by atoms with Gasteiger partial charge in [-0.1, -0.05) is 12.1 Å². The smallest absolute Gasteiger partial charge is 0.251 e. The summed E-state index contributed by atoms with van der Waals surface area (Å²) in [6.07, 6.45) is 3.55. The molecule has 0 bridgehead atoms. The van der Waals surface area contributed by atoms with Gasteiger partial charge in [0.2, 0.25) is 0 Å². The average Bonchev–Trinajstić information content (AvgIpc) is 2.63. The number of primary amides is 1. The standard InChI is InChI=1S/C19H22N4O2/c1-23-11-8-15(9-12-23)22-19(25)14-6-4-13(5-7-14)17-16(18(20)24)3-2-10-21-17/h2-7,10,15H,8-9,11-12H2,1H3,(H2,20,24)(H,22,25). The third-order valence-electron chi connectivity index (χ3n) is 4.55. The first-order valence-electron chi connectivity index (χ1n) is 8.39. The Morgan fingerprint density at radius 2 is 1.84 bits per heavy atom. The normalized spacial score (nSPS) is 15.7. The molecule has 2 heterocycles. The maximum absolute atomic E-state index is 12.4. The number of hydrogen-bond acceptors (Lipinski definition) is 4. The van der Waals surface area contributed by atoms with Crippen LogP contribution in [-0.4, -0.2) is 47.9 Å². The van der Waals surface area contributed by atoms with Crippen LogP contribution in [0.25, 0.3) is 11.3 Å². The summed E-state index contributed by atoms with van der Waals surface area (Å²) in [5.74, 6) is -0.593. The lowest BCUT2D eigenvalue weighted by Gasteiger charge is -2.29. The Morgan fingerprint density at radius 1 is 1.16 bits per heavy atom. The van der Waals surface area contributed by atoms with E-state index >= 15 is 0 Å². The van der Waals surface area contributed by atoms with E-state index in [-0.39, 0.29) is 11.9 Å². The van der Waals surface area contributed by atoms with E-state index in [0.29, 0.717) is 16.8 Å². The Kier molecular flexibility index (Phi) is 5.09. The number of carbonyl (C=O) groups excluding carboxylic acids is 2. The zero-order chi connectivity index (χ0) is 17.8. The quantitative estimate of drug-likeness (QED) is 0.887. The van der Waals surface area contributed by atoms with E-state index in [1.165, 1.54) is 0 Å². The second-order valence-corrected chi connectivity index (χ2v) is 6.39. The fraction of sp³-hybridized carbons (Fsp3) is 0.316. The summed E-state index contributed by atoms with van der Waals surface area (Å²) in [5, 5.41) is 3.09. The van der Waals surface area contributed by atoms with Crippen molar-refractivity contribution in [1.29, 1.82) is 0 Å². The molecule has 0 aliphatic carbocycles. The van der Waals surface area contributed by atoms with Crippen molar-refractivity contribution in [2.45, 2.75) is 18.9 Å². The van der Waals surface area contributed by atoms with Crippen molar-refractivity contribution in [3.05, 3.63) is 53.7 Å². The molecular formula is C19H22N4O2. The molecule has 1 aromatic heterocycles. The molecule has 1 aliphatic rings. The lowest BCUT2D eigenvalue weighted by molar-refractivity contribution is 0.0916. The summed E-state index contributed by atoms with van der Waals surface area (Å²) >= 11 is 0. The van der Waals surface area contributed by atoms with E-state index in [1.807, 2.05) is 0 Å². The molecule has 1 aliphatic heterocycles. The highest BCUT2D eigenvalue weighted by Crippen LogP contribution is 2.21. The minimum Gasteiger partial charge on any atom is -0.366 e. The number of pyridine rings is 1. The first-order chi connectivity index (χ1) is 12.0. The van der Waals surface area contributed by atoms with Gasteiger partial charge in [0.05, 0.1) is 11.3 Å². The van der Waals surface area contributed by atoms with Crippen LogP contribution in [0.3, 0.4) is 0 Å². The van der Waals surface area contributed by atoms with Crippen molar-refractivity contribution < 1.29 is 9.59 Å². The molecule has 0 unspecified atom stereocenters. The number of amides is 2. The van der Waals surface area contributed by atoms with Crippen LogP contribution < -0.4 is 11.1 Å². The van der Waals surface area contributed by atoms with E-state index in [4.69, 9.17) is 5.73 Å². The maximum atomic E-state index is 12.4. The minimum absolute atomic E-state index is 0.0720. The number of hydrogen-bond donors (Lipinski definition) is 2. The van der Waals surface area contributed by atoms with Gasteiger partial charge in [-0.3, -0.25) is 14.6 Å². The van der Waals surface area contributed by atoms with Crippen molar-refractivity contribution in [3.8, 4) is 11.3 Å². The highest BCUT2D eigenvalue weighted by molar-refractivity contribution is 5.99. The van der Waals surface area contributed by atoms with Gasteiger partial charge in [-0.25, -0.2) is 0 Å². The summed E-state index contributed by atoms with van der Waals surface area (Å²) in [6.45, 7) is 2.00. The number of rotatable bonds is 4. The Hall–Kier alpha value is -2.73. The third kappa shape index (κ3) is 4.03. The molecule has 25 heavy (non-hydrogen) atoms. The molecule has 6 heteroatoms. The summed E-state index contributed by atoms with van der Waals surface area (Å²) in [7, 11) is 2.09. The number of nitrogens with one attached hydrogen (secondary N) is 1. The molecule has 0 radical (unpaired) electrons. The van der Waals surface area contributed by atoms with Crippen molar-refractivity contribution in [3.63, 3.8) is 0 Å². The molecule has 0 saturated carbocycles. The summed E-state index contributed by atoms with van der Waals surface area (Å²) in [6, 6.07) is 10.6. The van der Waals surface area contributed by atoms with Gasteiger partial charge in [0.1, 0.15) is 0 Å². The SMILES string of the molecule is CN1CCC(NC(=O)c2ccc(-c3ncccc3C(N)=O)cc2)CC1. The molecule has 2 amide bonds. The van der Waals surface area contributed by atoms with Crippen molar-refractivity contribution in [2.75, 3.05) is 20.1 Å². The minimum atomic E-state index is -0.521. The van der Waals surface area contributed by atoms with Crippen molar-refractivity contribution >= 4 is 11.8 Å². The molecule has 0 spiro atoms. The molecule has 130 valence electrons. The molecular weight excluding hydrogens is 316 g/mol. The number of nitrogens with zero attached hydrogens (tertiary/aromatic N) is 2. The molecule has 6 nitrogen and oxygen atoms in total. The number of piperidine rings is 1. The van der Waals surface area contributed by atoms with Crippen molar-refractivity contribution in [1.82, 2.24) is 15.2 Å². The number of aromatic nitrogens is 1. The molecule has 2 aromatic rings. The van der Waals surface area contributed by atoms with E-state index in [9.17, 15) is 9.59 Å². The Bertz CT molecular complexity index is 765. The highest BCUT2D eigenvalue weighted by atomic mass is 16.2. The van der Waals surface area contributed by atoms with Crippen LogP contribution >= 0.6 is 0 Å². The lowest BCUT2D eigenvalue weighted by atomic mass is 10.0. The Balaban J connectivity index is 1.72. The summed E-state index contributed by atoms with van der Waals surface area (Å²) < 4.78 is 0. The van der Waals surface area contributed by atoms with Crippen molar-refractivity contribution in [2.24, 2.45) is 5.73 Å². The van der Waals surface area contributed by atoms with Crippen LogP contribution in [0.5, 0.6) is 0 Å². The van der Waals surface area contributed by atoms with Gasteiger partial charge in [-0.2, -0.15) is 0 Å². The lowest BCUT2D eigenvalue weighted by Crippen LogP contribution is -2.43. The zero-order valence-corrected chi connectivity index (χ0v) is 14.2. The fourth-order valence-corrected chi connectivity index (χ4v) is 3.04. The van der Waals surface area contributed by atoms with Crippen LogP contribution in [0, 0.1) is 0 Å². The van der Waals surface area contributed by atoms with Gasteiger partial charge >= 0.3 is 0 Å². The molecule has 0 atom stereocenters. The predicted molar refractivity (Wildman–Crippen MR) is 96.2 cm³/mol. The number of nitrogens with two attached hydrogens (primary N) is 1. The first kappa shape index (κ1) is 17.1. The second-order valence-electron chi connectivity index (χ2n) is 6.39. The van der Waals surface area contributed by atoms with Crippen LogP contribution in [0.4, 0.5) is 0 Å². The number of carbonyl (C=O) groups is 2. The van der Waals surface area contributed by atoms with Crippen LogP contribution in [0.1, 0.15) is 33.6 Å². The third-order valence-corrected chi connectivity index (χ3v) is 4.55. The number of likely N-dealkylation sites (tertiary alicyclic amines) is 1. The topological polar surface area (TPSA) is 88.3 Å². The molecule has 1 saturated heterocycles. The van der Waals surface area contributed by atoms with E-state index in [0.717, 1.165) is 31.5 Å². The van der Waals surface area contributed by atoms with Crippen LogP contribution in [0.2, 0.25) is 0 Å².